The van der Waals surface area contributed by atoms with Crippen LogP contribution in [-0.4, -0.2) is 12.5 Å². The highest BCUT2D eigenvalue weighted by Gasteiger charge is 2.20. The molecule has 0 fully saturated rings. The lowest BCUT2D eigenvalue weighted by Gasteiger charge is -1.94. The number of rotatable bonds is 1. The Kier molecular flexibility index (Phi) is 2.70. The summed E-state index contributed by atoms with van der Waals surface area (Å²) in [6.07, 6.45) is 0.668. The van der Waals surface area contributed by atoms with Crippen LogP contribution in [-0.2, 0) is 11.3 Å². The molecule has 0 radical (unpaired) electrons. The molecule has 0 saturated carbocycles. The first kappa shape index (κ1) is 9.75. The van der Waals surface area contributed by atoms with E-state index in [0.29, 0.717) is 25.1 Å². The smallest absolute Gasteiger partial charge is 0.338 e. The average molecular weight is 201 g/mol. The Hall–Kier alpha value is -1.79. The molecule has 1 aliphatic heterocycles. The summed E-state index contributed by atoms with van der Waals surface area (Å²) in [5, 5.41) is 0. The van der Waals surface area contributed by atoms with Crippen LogP contribution in [0.25, 0.3) is 0 Å². The van der Waals surface area contributed by atoms with Crippen molar-refractivity contribution in [2.24, 2.45) is 5.73 Å². The molecular weight excluding hydrogens is 190 g/mol. The van der Waals surface area contributed by atoms with Crippen molar-refractivity contribution >= 4 is 5.97 Å². The van der Waals surface area contributed by atoms with Gasteiger partial charge < -0.3 is 10.5 Å². The molecule has 0 bridgehead atoms. The van der Waals surface area contributed by atoms with Gasteiger partial charge in [0.1, 0.15) is 6.61 Å². The van der Waals surface area contributed by atoms with E-state index in [0.717, 1.165) is 11.1 Å². The van der Waals surface area contributed by atoms with Crippen molar-refractivity contribution in [3.8, 4) is 11.8 Å². The van der Waals surface area contributed by atoms with Crippen LogP contribution in [0.15, 0.2) is 18.2 Å². The number of hydrogen-bond acceptors (Lipinski definition) is 3. The van der Waals surface area contributed by atoms with Gasteiger partial charge in [0.2, 0.25) is 0 Å². The molecule has 0 unspecified atom stereocenters. The van der Waals surface area contributed by atoms with Gasteiger partial charge in [-0.3, -0.25) is 0 Å². The molecule has 3 heteroatoms. The zero-order valence-corrected chi connectivity index (χ0v) is 8.25. The van der Waals surface area contributed by atoms with Crippen molar-refractivity contribution in [2.45, 2.75) is 13.0 Å². The molecule has 0 aromatic heterocycles. The molecule has 1 heterocycles. The van der Waals surface area contributed by atoms with Crippen molar-refractivity contribution < 1.29 is 9.53 Å². The minimum Gasteiger partial charge on any atom is -0.457 e. The van der Waals surface area contributed by atoms with E-state index in [2.05, 4.69) is 11.8 Å². The van der Waals surface area contributed by atoms with Crippen molar-refractivity contribution in [1.29, 1.82) is 0 Å². The maximum absolute atomic E-state index is 11.3. The predicted molar refractivity (Wildman–Crippen MR) is 56.1 cm³/mol. The van der Waals surface area contributed by atoms with Gasteiger partial charge in [-0.15, -0.1) is 0 Å². The van der Waals surface area contributed by atoms with E-state index in [1.54, 1.807) is 6.07 Å². The summed E-state index contributed by atoms with van der Waals surface area (Å²) in [6, 6.07) is 5.55. The Labute approximate surface area is 88.2 Å². The van der Waals surface area contributed by atoms with Gasteiger partial charge in [0.05, 0.1) is 5.56 Å². The number of carbonyl (C=O) groups excluding carboxylic acids is 1. The number of esters is 1. The number of hydrogen-bond donors (Lipinski definition) is 1. The molecule has 1 aromatic rings. The summed E-state index contributed by atoms with van der Waals surface area (Å²) in [5.41, 5.74) is 7.73. The largest absolute Gasteiger partial charge is 0.457 e. The third-order valence-corrected chi connectivity index (χ3v) is 2.19. The highest BCUT2D eigenvalue weighted by Crippen LogP contribution is 2.20. The van der Waals surface area contributed by atoms with Gasteiger partial charge in [0, 0.05) is 24.1 Å². The van der Waals surface area contributed by atoms with Crippen LogP contribution in [0.4, 0.5) is 0 Å². The van der Waals surface area contributed by atoms with E-state index in [4.69, 9.17) is 10.5 Å². The number of carbonyl (C=O) groups is 1. The lowest BCUT2D eigenvalue weighted by Crippen LogP contribution is -1.96. The third-order valence-electron chi connectivity index (χ3n) is 2.19. The lowest BCUT2D eigenvalue weighted by atomic mass is 10.1. The Morgan fingerprint density at radius 1 is 1.47 bits per heavy atom. The Balaban J connectivity index is 2.27. The molecule has 0 aliphatic carbocycles. The van der Waals surface area contributed by atoms with Crippen LogP contribution < -0.4 is 5.73 Å². The minimum atomic E-state index is -0.257. The Bertz CT molecular complexity index is 454. The molecule has 0 spiro atoms. The molecular formula is C12H11NO2. The van der Waals surface area contributed by atoms with Gasteiger partial charge in [-0.25, -0.2) is 4.79 Å². The number of benzene rings is 1. The quantitative estimate of drug-likeness (QED) is 0.546. The maximum Gasteiger partial charge on any atom is 0.338 e. The molecule has 2 N–H and O–H groups in total. The zero-order chi connectivity index (χ0) is 10.7. The summed E-state index contributed by atoms with van der Waals surface area (Å²) < 4.78 is 4.90. The SMILES string of the molecule is NCCC#Cc1ccc2c(c1)C(=O)OC2. The summed E-state index contributed by atoms with van der Waals surface area (Å²) in [4.78, 5) is 11.3. The van der Waals surface area contributed by atoms with Crippen LogP contribution in [0.5, 0.6) is 0 Å². The summed E-state index contributed by atoms with van der Waals surface area (Å²) in [7, 11) is 0. The maximum atomic E-state index is 11.3. The van der Waals surface area contributed by atoms with Crippen molar-refractivity contribution in [3.63, 3.8) is 0 Å². The number of fused-ring (bicyclic) bond motifs is 1. The fourth-order valence-electron chi connectivity index (χ4n) is 1.43. The van der Waals surface area contributed by atoms with Crippen LogP contribution >= 0.6 is 0 Å². The topological polar surface area (TPSA) is 52.3 Å². The van der Waals surface area contributed by atoms with E-state index in [1.165, 1.54) is 0 Å². The second-order valence-corrected chi connectivity index (χ2v) is 3.29. The van der Waals surface area contributed by atoms with Gasteiger partial charge in [-0.1, -0.05) is 17.9 Å². The van der Waals surface area contributed by atoms with Crippen LogP contribution in [0.1, 0.15) is 27.9 Å². The fourth-order valence-corrected chi connectivity index (χ4v) is 1.43. The standard InChI is InChI=1S/C12H11NO2/c13-6-2-1-3-9-4-5-10-8-15-12(14)11(10)7-9/h4-5,7H,2,6,8,13H2. The monoisotopic (exact) mass is 201 g/mol. The molecule has 0 atom stereocenters. The third kappa shape index (κ3) is 2.00. The number of cyclic esters (lactones) is 1. The number of nitrogens with two attached hydrogens (primary N) is 1. The van der Waals surface area contributed by atoms with Gasteiger partial charge >= 0.3 is 5.97 Å². The normalized spacial score (nSPS) is 12.7. The molecule has 0 saturated heterocycles. The zero-order valence-electron chi connectivity index (χ0n) is 8.25. The first-order valence-electron chi connectivity index (χ1n) is 4.80. The second kappa shape index (κ2) is 4.16. The molecule has 1 aliphatic rings. The molecule has 2 rings (SSSR count). The van der Waals surface area contributed by atoms with Crippen LogP contribution in [0, 0.1) is 11.8 Å². The number of ether oxygens (including phenoxy) is 1. The first-order chi connectivity index (χ1) is 7.31. The predicted octanol–water partition coefficient (Wildman–Crippen LogP) is 1.06. The van der Waals surface area contributed by atoms with E-state index in [1.807, 2.05) is 12.1 Å². The van der Waals surface area contributed by atoms with Gasteiger partial charge in [-0.05, 0) is 12.1 Å². The Morgan fingerprint density at radius 3 is 3.13 bits per heavy atom. The fraction of sp³-hybridized carbons (Fsp3) is 0.250. The van der Waals surface area contributed by atoms with Crippen LogP contribution in [0.3, 0.4) is 0 Å². The molecule has 3 nitrogen and oxygen atoms in total. The minimum absolute atomic E-state index is 0.257. The average Bonchev–Trinajstić information content (AvgIpc) is 2.61. The summed E-state index contributed by atoms with van der Waals surface area (Å²) >= 11 is 0. The van der Waals surface area contributed by atoms with E-state index >= 15 is 0 Å². The summed E-state index contributed by atoms with van der Waals surface area (Å²) in [6.45, 7) is 0.935. The van der Waals surface area contributed by atoms with Crippen molar-refractivity contribution in [3.05, 3.63) is 34.9 Å². The highest BCUT2D eigenvalue weighted by atomic mass is 16.5. The van der Waals surface area contributed by atoms with Crippen LogP contribution in [0.2, 0.25) is 0 Å². The lowest BCUT2D eigenvalue weighted by molar-refractivity contribution is 0.0535. The Morgan fingerprint density at radius 2 is 2.33 bits per heavy atom. The van der Waals surface area contributed by atoms with Gasteiger partial charge in [-0.2, -0.15) is 0 Å². The molecule has 76 valence electrons. The second-order valence-electron chi connectivity index (χ2n) is 3.29. The summed E-state index contributed by atoms with van der Waals surface area (Å²) in [5.74, 6) is 5.63. The van der Waals surface area contributed by atoms with E-state index in [-0.39, 0.29) is 5.97 Å². The molecule has 1 aromatic carbocycles. The molecule has 0 amide bonds. The van der Waals surface area contributed by atoms with E-state index < -0.39 is 0 Å². The van der Waals surface area contributed by atoms with E-state index in [9.17, 15) is 4.79 Å². The highest BCUT2D eigenvalue weighted by molar-refractivity contribution is 5.93. The first-order valence-corrected chi connectivity index (χ1v) is 4.80. The van der Waals surface area contributed by atoms with Crippen molar-refractivity contribution in [1.82, 2.24) is 0 Å². The van der Waals surface area contributed by atoms with Gasteiger partial charge in [0.15, 0.2) is 0 Å². The van der Waals surface area contributed by atoms with Crippen molar-refractivity contribution in [2.75, 3.05) is 6.54 Å². The van der Waals surface area contributed by atoms with Gasteiger partial charge in [0.25, 0.3) is 0 Å². The molecule has 15 heavy (non-hydrogen) atoms.